The fourth-order valence-corrected chi connectivity index (χ4v) is 3.04. The Balaban J connectivity index is 1.41. The molecular formula is C18H20N4O3. The Morgan fingerprint density at radius 2 is 1.96 bits per heavy atom. The molecule has 2 aromatic rings. The topological polar surface area (TPSA) is 76.6 Å². The predicted molar refractivity (Wildman–Crippen MR) is 91.8 cm³/mol. The third-order valence-electron chi connectivity index (χ3n) is 4.40. The van der Waals surface area contributed by atoms with Crippen LogP contribution in [-0.2, 0) is 6.54 Å². The van der Waals surface area contributed by atoms with E-state index < -0.39 is 0 Å². The lowest BCUT2D eigenvalue weighted by molar-refractivity contribution is 0.0945. The van der Waals surface area contributed by atoms with Crippen molar-refractivity contribution in [3.63, 3.8) is 0 Å². The minimum absolute atomic E-state index is 0.210. The van der Waals surface area contributed by atoms with Gasteiger partial charge in [0.2, 0.25) is 12.7 Å². The maximum atomic E-state index is 12.4. The molecule has 1 amide bonds. The smallest absolute Gasteiger partial charge is 0.270 e. The van der Waals surface area contributed by atoms with E-state index in [-0.39, 0.29) is 12.7 Å². The summed E-state index contributed by atoms with van der Waals surface area (Å²) in [6.07, 6.45) is 5.17. The number of nitrogens with one attached hydrogen (secondary N) is 1. The van der Waals surface area contributed by atoms with Gasteiger partial charge < -0.3 is 19.7 Å². The number of anilines is 1. The quantitative estimate of drug-likeness (QED) is 0.919. The summed E-state index contributed by atoms with van der Waals surface area (Å²) >= 11 is 0. The Morgan fingerprint density at radius 3 is 2.84 bits per heavy atom. The minimum Gasteiger partial charge on any atom is -0.454 e. The summed E-state index contributed by atoms with van der Waals surface area (Å²) in [6, 6.07) is 7.28. The van der Waals surface area contributed by atoms with Crippen molar-refractivity contribution >= 4 is 11.9 Å². The third-order valence-corrected chi connectivity index (χ3v) is 4.40. The Labute approximate surface area is 146 Å². The average molecular weight is 340 g/mol. The van der Waals surface area contributed by atoms with Crippen LogP contribution in [0.2, 0.25) is 0 Å². The SMILES string of the molecule is O=C(NCc1ccc2c(c1)OCO2)c1ccnc(N2CCCCC2)n1. The first-order chi connectivity index (χ1) is 12.3. The van der Waals surface area contributed by atoms with Gasteiger partial charge in [-0.05, 0) is 43.0 Å². The number of piperidine rings is 1. The maximum Gasteiger partial charge on any atom is 0.270 e. The van der Waals surface area contributed by atoms with E-state index in [9.17, 15) is 4.79 Å². The van der Waals surface area contributed by atoms with Crippen molar-refractivity contribution in [3.8, 4) is 11.5 Å². The molecule has 4 rings (SSSR count). The first kappa shape index (κ1) is 15.7. The normalized spacial score (nSPS) is 15.9. The van der Waals surface area contributed by atoms with Crippen LogP contribution in [0.4, 0.5) is 5.95 Å². The summed E-state index contributed by atoms with van der Waals surface area (Å²) in [7, 11) is 0. The lowest BCUT2D eigenvalue weighted by Crippen LogP contribution is -2.32. The van der Waals surface area contributed by atoms with Gasteiger partial charge in [0.15, 0.2) is 11.5 Å². The highest BCUT2D eigenvalue weighted by Crippen LogP contribution is 2.32. The molecule has 1 aromatic carbocycles. The van der Waals surface area contributed by atoms with E-state index in [1.165, 1.54) is 6.42 Å². The van der Waals surface area contributed by atoms with E-state index in [2.05, 4.69) is 20.2 Å². The van der Waals surface area contributed by atoms with Crippen molar-refractivity contribution in [1.82, 2.24) is 15.3 Å². The number of fused-ring (bicyclic) bond motifs is 1. The van der Waals surface area contributed by atoms with Gasteiger partial charge in [-0.25, -0.2) is 9.97 Å². The molecule has 1 N–H and O–H groups in total. The van der Waals surface area contributed by atoms with Gasteiger partial charge in [0.25, 0.3) is 5.91 Å². The second-order valence-corrected chi connectivity index (χ2v) is 6.16. The van der Waals surface area contributed by atoms with E-state index in [4.69, 9.17) is 9.47 Å². The van der Waals surface area contributed by atoms with E-state index in [0.717, 1.165) is 37.2 Å². The lowest BCUT2D eigenvalue weighted by atomic mass is 10.1. The number of hydrogen-bond acceptors (Lipinski definition) is 6. The first-order valence-corrected chi connectivity index (χ1v) is 8.54. The van der Waals surface area contributed by atoms with Crippen LogP contribution in [0.25, 0.3) is 0 Å². The molecule has 3 heterocycles. The zero-order chi connectivity index (χ0) is 17.1. The molecule has 0 aliphatic carbocycles. The molecule has 2 aliphatic rings. The molecule has 1 fully saturated rings. The number of rotatable bonds is 4. The highest BCUT2D eigenvalue weighted by atomic mass is 16.7. The van der Waals surface area contributed by atoms with Crippen LogP contribution in [0, 0.1) is 0 Å². The highest BCUT2D eigenvalue weighted by Gasteiger charge is 2.17. The molecule has 2 aliphatic heterocycles. The number of aromatic nitrogens is 2. The third kappa shape index (κ3) is 3.50. The van der Waals surface area contributed by atoms with Crippen LogP contribution in [-0.4, -0.2) is 35.8 Å². The van der Waals surface area contributed by atoms with Gasteiger partial charge in [-0.2, -0.15) is 0 Å². The largest absolute Gasteiger partial charge is 0.454 e. The number of carbonyl (C=O) groups is 1. The maximum absolute atomic E-state index is 12.4. The minimum atomic E-state index is -0.210. The lowest BCUT2D eigenvalue weighted by Gasteiger charge is -2.26. The summed E-state index contributed by atoms with van der Waals surface area (Å²) in [5.41, 5.74) is 1.33. The predicted octanol–water partition coefficient (Wildman–Crippen LogP) is 2.13. The molecule has 0 bridgehead atoms. The standard InChI is InChI=1S/C18H20N4O3/c23-17(20-11-13-4-5-15-16(10-13)25-12-24-15)14-6-7-19-18(21-14)22-8-2-1-3-9-22/h4-7,10H,1-3,8-9,11-12H2,(H,20,23). The van der Waals surface area contributed by atoms with Crippen molar-refractivity contribution < 1.29 is 14.3 Å². The summed E-state index contributed by atoms with van der Waals surface area (Å²) in [4.78, 5) is 23.3. The molecular weight excluding hydrogens is 320 g/mol. The molecule has 7 heteroatoms. The van der Waals surface area contributed by atoms with Crippen LogP contribution >= 0.6 is 0 Å². The first-order valence-electron chi connectivity index (χ1n) is 8.54. The van der Waals surface area contributed by atoms with Crippen molar-refractivity contribution in [3.05, 3.63) is 41.7 Å². The van der Waals surface area contributed by atoms with Crippen molar-refractivity contribution in [2.24, 2.45) is 0 Å². The fourth-order valence-electron chi connectivity index (χ4n) is 3.04. The van der Waals surface area contributed by atoms with Crippen molar-refractivity contribution in [2.45, 2.75) is 25.8 Å². The molecule has 0 radical (unpaired) electrons. The summed E-state index contributed by atoms with van der Waals surface area (Å²) in [6.45, 7) is 2.54. The van der Waals surface area contributed by atoms with Crippen LogP contribution in [0.1, 0.15) is 35.3 Å². The number of benzene rings is 1. The second-order valence-electron chi connectivity index (χ2n) is 6.16. The van der Waals surface area contributed by atoms with E-state index in [1.54, 1.807) is 12.3 Å². The van der Waals surface area contributed by atoms with Crippen LogP contribution < -0.4 is 19.7 Å². The van der Waals surface area contributed by atoms with Gasteiger partial charge in [0.1, 0.15) is 5.69 Å². The second kappa shape index (κ2) is 6.96. The average Bonchev–Trinajstić information content (AvgIpc) is 3.15. The molecule has 0 spiro atoms. The van der Waals surface area contributed by atoms with Crippen LogP contribution in [0.15, 0.2) is 30.5 Å². The summed E-state index contributed by atoms with van der Waals surface area (Å²) < 4.78 is 10.6. The summed E-state index contributed by atoms with van der Waals surface area (Å²) in [5, 5.41) is 2.89. The zero-order valence-electron chi connectivity index (χ0n) is 13.9. The molecule has 0 saturated carbocycles. The van der Waals surface area contributed by atoms with E-state index in [1.807, 2.05) is 18.2 Å². The number of carbonyl (C=O) groups excluding carboxylic acids is 1. The number of hydrogen-bond donors (Lipinski definition) is 1. The van der Waals surface area contributed by atoms with E-state index in [0.29, 0.717) is 23.9 Å². The van der Waals surface area contributed by atoms with Crippen LogP contribution in [0.5, 0.6) is 11.5 Å². The number of nitrogens with zero attached hydrogens (tertiary/aromatic N) is 3. The molecule has 1 aromatic heterocycles. The Kier molecular flexibility index (Phi) is 4.37. The fraction of sp³-hybridized carbons (Fsp3) is 0.389. The summed E-state index contributed by atoms with van der Waals surface area (Å²) in [5.74, 6) is 1.87. The highest BCUT2D eigenvalue weighted by molar-refractivity contribution is 5.92. The Hall–Kier alpha value is -2.83. The Bertz CT molecular complexity index is 775. The number of amides is 1. The molecule has 0 unspecified atom stereocenters. The number of ether oxygens (including phenoxy) is 2. The van der Waals surface area contributed by atoms with Gasteiger partial charge in [0, 0.05) is 25.8 Å². The van der Waals surface area contributed by atoms with Gasteiger partial charge >= 0.3 is 0 Å². The van der Waals surface area contributed by atoms with E-state index >= 15 is 0 Å². The van der Waals surface area contributed by atoms with Gasteiger partial charge in [0.05, 0.1) is 0 Å². The molecule has 7 nitrogen and oxygen atoms in total. The Morgan fingerprint density at radius 1 is 1.12 bits per heavy atom. The van der Waals surface area contributed by atoms with Crippen molar-refractivity contribution in [1.29, 1.82) is 0 Å². The molecule has 1 saturated heterocycles. The van der Waals surface area contributed by atoms with Crippen molar-refractivity contribution in [2.75, 3.05) is 24.8 Å². The van der Waals surface area contributed by atoms with Crippen LogP contribution in [0.3, 0.4) is 0 Å². The monoisotopic (exact) mass is 340 g/mol. The molecule has 0 atom stereocenters. The molecule has 25 heavy (non-hydrogen) atoms. The van der Waals surface area contributed by atoms with Gasteiger partial charge in [-0.3, -0.25) is 4.79 Å². The van der Waals surface area contributed by atoms with Gasteiger partial charge in [-0.1, -0.05) is 6.07 Å². The zero-order valence-corrected chi connectivity index (χ0v) is 13.9. The van der Waals surface area contributed by atoms with Gasteiger partial charge in [-0.15, -0.1) is 0 Å². The molecule has 130 valence electrons.